The molecule has 2 aliphatic rings. The molecule has 0 aliphatic carbocycles. The summed E-state index contributed by atoms with van der Waals surface area (Å²) in [6.07, 6.45) is 9.93. The zero-order chi connectivity index (χ0) is 27.8. The molecule has 3 unspecified atom stereocenters. The van der Waals surface area contributed by atoms with Crippen molar-refractivity contribution in [3.63, 3.8) is 0 Å². The zero-order valence-corrected chi connectivity index (χ0v) is 23.5. The van der Waals surface area contributed by atoms with Gasteiger partial charge < -0.3 is 28.9 Å². The van der Waals surface area contributed by atoms with Crippen LogP contribution in [-0.4, -0.2) is 101 Å². The first-order chi connectivity index (χ1) is 18.9. The number of carboxylic acid groups (broad SMARTS) is 1. The van der Waals surface area contributed by atoms with Gasteiger partial charge in [0.05, 0.1) is 18.8 Å². The molecule has 2 aliphatic heterocycles. The molecule has 3 heterocycles. The van der Waals surface area contributed by atoms with E-state index in [1.165, 1.54) is 0 Å². The van der Waals surface area contributed by atoms with E-state index >= 15 is 0 Å². The summed E-state index contributed by atoms with van der Waals surface area (Å²) in [4.78, 5) is 36.8. The predicted molar refractivity (Wildman–Crippen MR) is 148 cm³/mol. The Bertz CT molecular complexity index is 1080. The van der Waals surface area contributed by atoms with Gasteiger partial charge in [-0.05, 0) is 64.0 Å². The molecule has 4 rings (SSSR count). The van der Waals surface area contributed by atoms with E-state index < -0.39 is 11.9 Å². The monoisotopic (exact) mass is 541 g/mol. The molecular formula is C29H43N5O5. The lowest BCUT2D eigenvalue weighted by Gasteiger charge is -2.30. The van der Waals surface area contributed by atoms with Gasteiger partial charge in [0, 0.05) is 50.5 Å². The van der Waals surface area contributed by atoms with Gasteiger partial charge in [-0.1, -0.05) is 19.4 Å². The van der Waals surface area contributed by atoms with Crippen LogP contribution in [0.4, 0.5) is 0 Å². The highest BCUT2D eigenvalue weighted by Crippen LogP contribution is 2.42. The van der Waals surface area contributed by atoms with Crippen LogP contribution in [0.15, 0.2) is 36.9 Å². The molecule has 1 N–H and O–H groups in total. The zero-order valence-electron chi connectivity index (χ0n) is 23.5. The molecule has 1 saturated heterocycles. The highest BCUT2D eigenvalue weighted by molar-refractivity contribution is 5.79. The van der Waals surface area contributed by atoms with Crippen LogP contribution in [-0.2, 0) is 16.1 Å². The third kappa shape index (κ3) is 7.51. The van der Waals surface area contributed by atoms with Crippen molar-refractivity contribution in [3.8, 4) is 11.5 Å². The molecule has 2 aromatic rings. The van der Waals surface area contributed by atoms with E-state index in [1.54, 1.807) is 12.5 Å². The van der Waals surface area contributed by atoms with Crippen molar-refractivity contribution in [3.05, 3.63) is 42.5 Å². The minimum absolute atomic E-state index is 0.0800. The van der Waals surface area contributed by atoms with Crippen molar-refractivity contribution < 1.29 is 24.2 Å². The summed E-state index contributed by atoms with van der Waals surface area (Å²) in [7, 11) is 4.12. The van der Waals surface area contributed by atoms with Crippen molar-refractivity contribution >= 4 is 11.9 Å². The van der Waals surface area contributed by atoms with Gasteiger partial charge in [-0.25, -0.2) is 4.98 Å². The second-order valence-corrected chi connectivity index (χ2v) is 10.9. The number of benzene rings is 1. The lowest BCUT2D eigenvalue weighted by molar-refractivity contribution is -0.144. The maximum absolute atomic E-state index is 13.7. The maximum Gasteiger partial charge on any atom is 0.308 e. The molecule has 0 saturated carbocycles. The molecule has 214 valence electrons. The summed E-state index contributed by atoms with van der Waals surface area (Å²) in [5.41, 5.74) is 0.903. The van der Waals surface area contributed by atoms with Crippen LogP contribution in [0.5, 0.6) is 11.5 Å². The Kier molecular flexibility index (Phi) is 10.2. The normalized spacial score (nSPS) is 20.6. The average Bonchev–Trinajstić information content (AvgIpc) is 3.66. The standard InChI is InChI=1S/C29H43N5O5/c1-4-5-13-33(14-7-6-12-31(2)3)27(35)19-34-18-23(22-8-9-25-26(17-22)39-21-38-25)28(29(36)37)24(34)10-15-32-16-11-30-20-32/h8-9,11,16-17,20,23-24,28H,4-7,10,12-15,18-19,21H2,1-3H3,(H,36,37). The number of hydrogen-bond donors (Lipinski definition) is 1. The van der Waals surface area contributed by atoms with Gasteiger partial charge in [-0.2, -0.15) is 0 Å². The number of aliphatic carboxylic acids is 1. The number of nitrogens with zero attached hydrogens (tertiary/aromatic N) is 5. The van der Waals surface area contributed by atoms with E-state index in [-0.39, 0.29) is 31.2 Å². The number of carbonyl (C=O) groups is 2. The van der Waals surface area contributed by atoms with Crippen molar-refractivity contribution in [2.45, 2.75) is 57.5 Å². The maximum atomic E-state index is 13.7. The molecule has 3 atom stereocenters. The number of unbranched alkanes of at least 4 members (excludes halogenated alkanes) is 2. The molecule has 1 amide bonds. The van der Waals surface area contributed by atoms with Crippen LogP contribution >= 0.6 is 0 Å². The second-order valence-electron chi connectivity index (χ2n) is 10.9. The van der Waals surface area contributed by atoms with Gasteiger partial charge in [0.25, 0.3) is 0 Å². The lowest BCUT2D eigenvalue weighted by atomic mass is 9.84. The summed E-state index contributed by atoms with van der Waals surface area (Å²) in [5.74, 6) is -0.350. The Hall–Kier alpha value is -3.11. The first kappa shape index (κ1) is 28.9. The highest BCUT2D eigenvalue weighted by atomic mass is 16.7. The largest absolute Gasteiger partial charge is 0.481 e. The third-order valence-electron chi connectivity index (χ3n) is 7.86. The summed E-state index contributed by atoms with van der Waals surface area (Å²) in [6, 6.07) is 5.40. The summed E-state index contributed by atoms with van der Waals surface area (Å²) >= 11 is 0. The van der Waals surface area contributed by atoms with Crippen molar-refractivity contribution in [2.24, 2.45) is 5.92 Å². The lowest BCUT2D eigenvalue weighted by Crippen LogP contribution is -2.45. The van der Waals surface area contributed by atoms with Gasteiger partial charge in [0.2, 0.25) is 12.7 Å². The molecule has 1 aromatic carbocycles. The van der Waals surface area contributed by atoms with Gasteiger partial charge in [0.1, 0.15) is 0 Å². The molecule has 0 bridgehead atoms. The van der Waals surface area contributed by atoms with E-state index in [0.29, 0.717) is 31.0 Å². The highest BCUT2D eigenvalue weighted by Gasteiger charge is 2.47. The average molecular weight is 542 g/mol. The van der Waals surface area contributed by atoms with Gasteiger partial charge in [-0.3, -0.25) is 14.5 Å². The summed E-state index contributed by atoms with van der Waals surface area (Å²) in [5, 5.41) is 10.4. The fourth-order valence-electron chi connectivity index (χ4n) is 5.75. The van der Waals surface area contributed by atoms with E-state index in [9.17, 15) is 14.7 Å². The molecule has 10 heteroatoms. The van der Waals surface area contributed by atoms with Crippen LogP contribution < -0.4 is 9.47 Å². The topological polar surface area (TPSA) is 100 Å². The molecule has 10 nitrogen and oxygen atoms in total. The number of hydrogen-bond acceptors (Lipinski definition) is 7. The summed E-state index contributed by atoms with van der Waals surface area (Å²) in [6.45, 7) is 6.12. The number of aromatic nitrogens is 2. The summed E-state index contributed by atoms with van der Waals surface area (Å²) < 4.78 is 13.0. The quantitative estimate of drug-likeness (QED) is 0.343. The van der Waals surface area contributed by atoms with E-state index in [0.717, 1.165) is 50.9 Å². The Morgan fingerprint density at radius 2 is 1.87 bits per heavy atom. The molecule has 1 aromatic heterocycles. The smallest absolute Gasteiger partial charge is 0.308 e. The predicted octanol–water partition coefficient (Wildman–Crippen LogP) is 3.14. The minimum Gasteiger partial charge on any atom is -0.481 e. The van der Waals surface area contributed by atoms with Gasteiger partial charge in [0.15, 0.2) is 11.5 Å². The number of carbonyl (C=O) groups excluding carboxylic acids is 1. The SMILES string of the molecule is CCCCN(CCCCN(C)C)C(=O)CN1CC(c2ccc3c(c2)OCO3)C(C(=O)O)C1CCn1ccnc1. The number of likely N-dealkylation sites (tertiary alicyclic amines) is 1. The van der Waals surface area contributed by atoms with Crippen molar-refractivity contribution in [1.82, 2.24) is 24.3 Å². The number of aryl methyl sites for hydroxylation is 1. The Morgan fingerprint density at radius 1 is 1.10 bits per heavy atom. The fourth-order valence-corrected chi connectivity index (χ4v) is 5.75. The molecule has 0 spiro atoms. The van der Waals surface area contributed by atoms with Crippen LogP contribution in [0.25, 0.3) is 0 Å². The van der Waals surface area contributed by atoms with E-state index in [4.69, 9.17) is 9.47 Å². The van der Waals surface area contributed by atoms with Crippen molar-refractivity contribution in [2.75, 3.05) is 53.6 Å². The Morgan fingerprint density at radius 3 is 2.59 bits per heavy atom. The van der Waals surface area contributed by atoms with Gasteiger partial charge in [-0.15, -0.1) is 0 Å². The first-order valence-electron chi connectivity index (χ1n) is 14.1. The van der Waals surface area contributed by atoms with Crippen molar-refractivity contribution in [1.29, 1.82) is 0 Å². The molecular weight excluding hydrogens is 498 g/mol. The molecule has 39 heavy (non-hydrogen) atoms. The fraction of sp³-hybridized carbons (Fsp3) is 0.621. The van der Waals surface area contributed by atoms with Crippen LogP contribution in [0.2, 0.25) is 0 Å². The number of imidazole rings is 1. The first-order valence-corrected chi connectivity index (χ1v) is 14.1. The van der Waals surface area contributed by atoms with Gasteiger partial charge >= 0.3 is 5.97 Å². The Balaban J connectivity index is 1.53. The number of rotatable bonds is 15. The number of ether oxygens (including phenoxy) is 2. The van der Waals surface area contributed by atoms with Crippen LogP contribution in [0, 0.1) is 5.92 Å². The molecule has 0 radical (unpaired) electrons. The molecule has 1 fully saturated rings. The minimum atomic E-state index is -0.838. The second kappa shape index (κ2) is 13.8. The number of amides is 1. The van der Waals surface area contributed by atoms with Crippen LogP contribution in [0.1, 0.15) is 50.5 Å². The Labute approximate surface area is 231 Å². The van der Waals surface area contributed by atoms with Crippen LogP contribution in [0.3, 0.4) is 0 Å². The van der Waals surface area contributed by atoms with E-state index in [1.807, 2.05) is 33.9 Å². The third-order valence-corrected chi connectivity index (χ3v) is 7.86. The number of carboxylic acids is 1. The number of fused-ring (bicyclic) bond motifs is 1. The van der Waals surface area contributed by atoms with E-state index in [2.05, 4.69) is 35.8 Å².